The topological polar surface area (TPSA) is 95.5 Å². The first-order chi connectivity index (χ1) is 12.4. The fourth-order valence-corrected chi connectivity index (χ4v) is 3.38. The van der Waals surface area contributed by atoms with Crippen LogP contribution >= 0.6 is 0 Å². The summed E-state index contributed by atoms with van der Waals surface area (Å²) in [6.07, 6.45) is 1.38. The standard InChI is InChI=1S/C19H24N2O4S/c1-15-3-8-17(9-4-15)21-26(24,25)18-10-5-16(6-11-18)7-12-19(23)20-13-2-14-22/h3-6,8-11,21-22H,2,7,12-14H2,1H3,(H,20,23). The Kier molecular flexibility index (Phi) is 7.17. The van der Waals surface area contributed by atoms with Gasteiger partial charge in [0.15, 0.2) is 0 Å². The van der Waals surface area contributed by atoms with E-state index in [-0.39, 0.29) is 17.4 Å². The van der Waals surface area contributed by atoms with Crippen molar-refractivity contribution in [2.75, 3.05) is 17.9 Å². The first-order valence-electron chi connectivity index (χ1n) is 8.47. The molecule has 0 saturated heterocycles. The Labute approximate surface area is 154 Å². The van der Waals surface area contributed by atoms with Gasteiger partial charge in [0.05, 0.1) is 4.90 Å². The normalized spacial score (nSPS) is 11.2. The third-order valence-corrected chi connectivity index (χ3v) is 5.23. The number of carbonyl (C=O) groups is 1. The summed E-state index contributed by atoms with van der Waals surface area (Å²) >= 11 is 0. The van der Waals surface area contributed by atoms with E-state index >= 15 is 0 Å². The van der Waals surface area contributed by atoms with Gasteiger partial charge >= 0.3 is 0 Å². The van der Waals surface area contributed by atoms with E-state index in [0.29, 0.717) is 31.5 Å². The number of aryl methyl sites for hydroxylation is 2. The maximum atomic E-state index is 12.4. The summed E-state index contributed by atoms with van der Waals surface area (Å²) in [5.74, 6) is -0.0869. The minimum absolute atomic E-state index is 0.0485. The van der Waals surface area contributed by atoms with Gasteiger partial charge < -0.3 is 10.4 Å². The number of rotatable bonds is 9. The van der Waals surface area contributed by atoms with Crippen LogP contribution in [0.25, 0.3) is 0 Å². The minimum atomic E-state index is -3.64. The molecule has 0 aliphatic rings. The largest absolute Gasteiger partial charge is 0.396 e. The highest BCUT2D eigenvalue weighted by molar-refractivity contribution is 7.92. The second kappa shape index (κ2) is 9.35. The molecule has 2 rings (SSSR count). The number of aliphatic hydroxyl groups is 1. The van der Waals surface area contributed by atoms with Gasteiger partial charge in [-0.05, 0) is 49.6 Å². The van der Waals surface area contributed by atoms with Gasteiger partial charge in [0.1, 0.15) is 0 Å². The lowest BCUT2D eigenvalue weighted by Gasteiger charge is -2.09. The highest BCUT2D eigenvalue weighted by Gasteiger charge is 2.14. The van der Waals surface area contributed by atoms with Gasteiger partial charge in [0.25, 0.3) is 10.0 Å². The van der Waals surface area contributed by atoms with Crippen LogP contribution in [0.4, 0.5) is 5.69 Å². The second-order valence-electron chi connectivity index (χ2n) is 6.04. The number of benzene rings is 2. The Bertz CT molecular complexity index is 816. The second-order valence-corrected chi connectivity index (χ2v) is 7.72. The molecule has 2 aromatic rings. The molecular formula is C19H24N2O4S. The molecular weight excluding hydrogens is 352 g/mol. The molecule has 140 valence electrons. The smallest absolute Gasteiger partial charge is 0.261 e. The third kappa shape index (κ3) is 6.16. The third-order valence-electron chi connectivity index (χ3n) is 3.84. The molecule has 0 radical (unpaired) electrons. The molecule has 0 unspecified atom stereocenters. The van der Waals surface area contributed by atoms with Gasteiger partial charge in [-0.3, -0.25) is 9.52 Å². The maximum Gasteiger partial charge on any atom is 0.261 e. The number of sulfonamides is 1. The van der Waals surface area contributed by atoms with Crippen molar-refractivity contribution in [2.45, 2.75) is 31.1 Å². The SMILES string of the molecule is Cc1ccc(NS(=O)(=O)c2ccc(CCC(=O)NCCCO)cc2)cc1. The van der Waals surface area contributed by atoms with Crippen LogP contribution in [0.15, 0.2) is 53.4 Å². The van der Waals surface area contributed by atoms with Crippen molar-refractivity contribution >= 4 is 21.6 Å². The lowest BCUT2D eigenvalue weighted by molar-refractivity contribution is -0.121. The molecule has 0 bridgehead atoms. The molecule has 0 atom stereocenters. The molecule has 0 aromatic heterocycles. The van der Waals surface area contributed by atoms with Crippen LogP contribution in [0.5, 0.6) is 0 Å². The van der Waals surface area contributed by atoms with E-state index < -0.39 is 10.0 Å². The zero-order valence-corrected chi connectivity index (χ0v) is 15.6. The quantitative estimate of drug-likeness (QED) is 0.585. The molecule has 0 aliphatic carbocycles. The predicted octanol–water partition coefficient (Wildman–Crippen LogP) is 2.23. The van der Waals surface area contributed by atoms with E-state index in [1.165, 1.54) is 12.1 Å². The lowest BCUT2D eigenvalue weighted by atomic mass is 10.1. The highest BCUT2D eigenvalue weighted by Crippen LogP contribution is 2.17. The lowest BCUT2D eigenvalue weighted by Crippen LogP contribution is -2.25. The Morgan fingerprint density at radius 3 is 2.31 bits per heavy atom. The zero-order chi connectivity index (χ0) is 19.0. The first-order valence-corrected chi connectivity index (χ1v) is 9.95. The number of hydrogen-bond donors (Lipinski definition) is 3. The Morgan fingerprint density at radius 1 is 1.04 bits per heavy atom. The van der Waals surface area contributed by atoms with Crippen molar-refractivity contribution in [3.8, 4) is 0 Å². The van der Waals surface area contributed by atoms with Gasteiger partial charge in [-0.25, -0.2) is 8.42 Å². The summed E-state index contributed by atoms with van der Waals surface area (Å²) in [5.41, 5.74) is 2.45. The summed E-state index contributed by atoms with van der Waals surface area (Å²) < 4.78 is 27.4. The van der Waals surface area contributed by atoms with Crippen molar-refractivity contribution in [3.05, 3.63) is 59.7 Å². The van der Waals surface area contributed by atoms with Crippen LogP contribution in [0.2, 0.25) is 0 Å². The Morgan fingerprint density at radius 2 is 1.69 bits per heavy atom. The molecule has 0 aliphatic heterocycles. The van der Waals surface area contributed by atoms with E-state index in [9.17, 15) is 13.2 Å². The predicted molar refractivity (Wildman–Crippen MR) is 101 cm³/mol. The summed E-state index contributed by atoms with van der Waals surface area (Å²) in [6, 6.07) is 13.6. The first kappa shape index (κ1) is 19.9. The summed E-state index contributed by atoms with van der Waals surface area (Å²) in [5, 5.41) is 11.4. The molecule has 3 N–H and O–H groups in total. The molecule has 0 fully saturated rings. The van der Waals surface area contributed by atoms with Crippen LogP contribution in [0.3, 0.4) is 0 Å². The summed E-state index contributed by atoms with van der Waals surface area (Å²) in [4.78, 5) is 11.8. The van der Waals surface area contributed by atoms with Gasteiger partial charge in [0, 0.05) is 25.3 Å². The fraction of sp³-hybridized carbons (Fsp3) is 0.316. The molecule has 26 heavy (non-hydrogen) atoms. The molecule has 7 heteroatoms. The van der Waals surface area contributed by atoms with Crippen LogP contribution in [-0.4, -0.2) is 32.6 Å². The van der Waals surface area contributed by atoms with Crippen LogP contribution < -0.4 is 10.0 Å². The zero-order valence-electron chi connectivity index (χ0n) is 14.7. The van der Waals surface area contributed by atoms with Crippen LogP contribution in [0.1, 0.15) is 24.0 Å². The summed E-state index contributed by atoms with van der Waals surface area (Å²) in [7, 11) is -3.64. The highest BCUT2D eigenvalue weighted by atomic mass is 32.2. The van der Waals surface area contributed by atoms with E-state index in [2.05, 4.69) is 10.0 Å². The van der Waals surface area contributed by atoms with E-state index in [4.69, 9.17) is 5.11 Å². The van der Waals surface area contributed by atoms with Crippen molar-refractivity contribution in [1.29, 1.82) is 0 Å². The number of anilines is 1. The molecule has 0 spiro atoms. The number of aliphatic hydroxyl groups excluding tert-OH is 1. The number of hydrogen-bond acceptors (Lipinski definition) is 4. The van der Waals surface area contributed by atoms with Crippen LogP contribution in [0, 0.1) is 6.92 Å². The molecule has 0 heterocycles. The monoisotopic (exact) mass is 376 g/mol. The molecule has 6 nitrogen and oxygen atoms in total. The van der Waals surface area contributed by atoms with Crippen LogP contribution in [-0.2, 0) is 21.2 Å². The number of amides is 1. The van der Waals surface area contributed by atoms with Gasteiger partial charge in [-0.1, -0.05) is 29.8 Å². The van der Waals surface area contributed by atoms with Gasteiger partial charge in [0.2, 0.25) is 5.91 Å². The average molecular weight is 376 g/mol. The molecule has 0 saturated carbocycles. The Hall–Kier alpha value is -2.38. The van der Waals surface area contributed by atoms with E-state index in [0.717, 1.165) is 11.1 Å². The molecule has 2 aromatic carbocycles. The van der Waals surface area contributed by atoms with Gasteiger partial charge in [-0.2, -0.15) is 0 Å². The number of carbonyl (C=O) groups excluding carboxylic acids is 1. The average Bonchev–Trinajstić information content (AvgIpc) is 2.62. The van der Waals surface area contributed by atoms with Crippen molar-refractivity contribution in [3.63, 3.8) is 0 Å². The van der Waals surface area contributed by atoms with Crippen molar-refractivity contribution < 1.29 is 18.3 Å². The number of nitrogens with one attached hydrogen (secondary N) is 2. The summed E-state index contributed by atoms with van der Waals surface area (Å²) in [6.45, 7) is 2.44. The van der Waals surface area contributed by atoms with Gasteiger partial charge in [-0.15, -0.1) is 0 Å². The van der Waals surface area contributed by atoms with Crippen molar-refractivity contribution in [2.24, 2.45) is 0 Å². The maximum absolute atomic E-state index is 12.4. The van der Waals surface area contributed by atoms with Crippen molar-refractivity contribution in [1.82, 2.24) is 5.32 Å². The van der Waals surface area contributed by atoms with E-state index in [1.807, 2.05) is 19.1 Å². The Balaban J connectivity index is 1.93. The molecule has 1 amide bonds. The van der Waals surface area contributed by atoms with E-state index in [1.54, 1.807) is 24.3 Å². The fourth-order valence-electron chi connectivity index (χ4n) is 2.32. The minimum Gasteiger partial charge on any atom is -0.396 e.